The number of hydrogen-bond acceptors (Lipinski definition) is 5. The molecule has 0 bridgehead atoms. The van der Waals surface area contributed by atoms with Crippen LogP contribution in [0, 0.1) is 17.0 Å². The molecule has 0 spiro atoms. The van der Waals surface area contributed by atoms with Crippen molar-refractivity contribution in [3.05, 3.63) is 81.4 Å². The Balaban J connectivity index is 1.82. The Morgan fingerprint density at radius 3 is 2.52 bits per heavy atom. The van der Waals surface area contributed by atoms with Crippen LogP contribution in [0.15, 0.2) is 59.7 Å². The van der Waals surface area contributed by atoms with Crippen molar-refractivity contribution in [3.8, 4) is 5.75 Å². The van der Waals surface area contributed by atoms with Crippen molar-refractivity contribution < 1.29 is 14.5 Å². The fourth-order valence-electron chi connectivity index (χ4n) is 2.69. The van der Waals surface area contributed by atoms with Crippen LogP contribution in [0.3, 0.4) is 0 Å². The predicted octanol–water partition coefficient (Wildman–Crippen LogP) is 3.83. The van der Waals surface area contributed by atoms with E-state index in [-0.39, 0.29) is 5.69 Å². The molecule has 0 aliphatic heterocycles. The number of carbonyl (C=O) groups is 1. The lowest BCUT2D eigenvalue weighted by molar-refractivity contribution is -0.385. The van der Waals surface area contributed by atoms with Gasteiger partial charge in [0.25, 0.3) is 11.6 Å². The van der Waals surface area contributed by atoms with E-state index in [0.29, 0.717) is 22.4 Å². The maximum Gasteiger partial charge on any atom is 0.275 e. The molecule has 1 amide bonds. The Bertz CT molecular complexity index is 1060. The summed E-state index contributed by atoms with van der Waals surface area (Å²) in [7, 11) is 1.50. The minimum Gasteiger partial charge on any atom is -0.496 e. The number of benzene rings is 3. The quantitative estimate of drug-likeness (QED) is 0.423. The first kappa shape index (κ1) is 18.1. The molecule has 0 aliphatic carbocycles. The second kappa shape index (κ2) is 7.65. The van der Waals surface area contributed by atoms with Crippen molar-refractivity contribution in [2.45, 2.75) is 6.92 Å². The summed E-state index contributed by atoms with van der Waals surface area (Å²) in [5, 5.41) is 16.8. The fourth-order valence-corrected chi connectivity index (χ4v) is 2.69. The van der Waals surface area contributed by atoms with Crippen LogP contribution in [0.4, 0.5) is 5.69 Å². The number of nitrogens with one attached hydrogen (secondary N) is 1. The van der Waals surface area contributed by atoms with Crippen LogP contribution in [0.1, 0.15) is 21.5 Å². The topological polar surface area (TPSA) is 93.8 Å². The Hall–Kier alpha value is -3.74. The summed E-state index contributed by atoms with van der Waals surface area (Å²) in [4.78, 5) is 23.0. The van der Waals surface area contributed by atoms with Crippen molar-refractivity contribution in [1.29, 1.82) is 0 Å². The highest BCUT2D eigenvalue weighted by Crippen LogP contribution is 2.26. The summed E-state index contributed by atoms with van der Waals surface area (Å²) in [5.41, 5.74) is 3.85. The zero-order valence-electron chi connectivity index (χ0n) is 14.8. The number of amides is 1. The van der Waals surface area contributed by atoms with Crippen LogP contribution in [-0.4, -0.2) is 24.2 Å². The first-order valence-electron chi connectivity index (χ1n) is 8.15. The van der Waals surface area contributed by atoms with E-state index in [9.17, 15) is 14.9 Å². The van der Waals surface area contributed by atoms with Gasteiger partial charge in [-0.15, -0.1) is 0 Å². The van der Waals surface area contributed by atoms with E-state index in [1.807, 2.05) is 24.3 Å². The Kier molecular flexibility index (Phi) is 5.12. The van der Waals surface area contributed by atoms with Crippen LogP contribution >= 0.6 is 0 Å². The van der Waals surface area contributed by atoms with E-state index >= 15 is 0 Å². The smallest absolute Gasteiger partial charge is 0.275 e. The minimum absolute atomic E-state index is 0.00137. The summed E-state index contributed by atoms with van der Waals surface area (Å²) in [5.74, 6) is 0.00263. The molecule has 0 fully saturated rings. The standard InChI is InChI=1S/C20H17N3O4/c1-13-7-8-14(9-18(13)23(25)26)12-21-22-20(24)17-10-15-5-3-4-6-16(15)11-19(17)27-2/h3-12H,1-2H3,(H,22,24)/b21-12-. The molecule has 3 aromatic rings. The van der Waals surface area contributed by atoms with E-state index in [2.05, 4.69) is 10.5 Å². The number of nitro groups is 1. The summed E-state index contributed by atoms with van der Waals surface area (Å²) in [6.07, 6.45) is 1.36. The highest BCUT2D eigenvalue weighted by molar-refractivity contribution is 6.02. The second-order valence-electron chi connectivity index (χ2n) is 5.90. The lowest BCUT2D eigenvalue weighted by Crippen LogP contribution is -2.18. The first-order valence-corrected chi connectivity index (χ1v) is 8.15. The number of methoxy groups -OCH3 is 1. The Labute approximate surface area is 155 Å². The van der Waals surface area contributed by atoms with Crippen LogP contribution in [0.25, 0.3) is 10.8 Å². The minimum atomic E-state index is -0.453. The van der Waals surface area contributed by atoms with Crippen molar-refractivity contribution in [3.63, 3.8) is 0 Å². The lowest BCUT2D eigenvalue weighted by Gasteiger charge is -2.09. The first-order chi connectivity index (χ1) is 13.0. The van der Waals surface area contributed by atoms with Crippen molar-refractivity contribution in [2.75, 3.05) is 7.11 Å². The molecule has 0 saturated heterocycles. The normalized spacial score (nSPS) is 10.9. The zero-order chi connectivity index (χ0) is 19.4. The van der Waals surface area contributed by atoms with Gasteiger partial charge in [-0.2, -0.15) is 5.10 Å². The van der Waals surface area contributed by atoms with Gasteiger partial charge < -0.3 is 4.74 Å². The van der Waals surface area contributed by atoms with Gasteiger partial charge in [0.15, 0.2) is 0 Å². The van der Waals surface area contributed by atoms with Gasteiger partial charge in [0.05, 0.1) is 23.8 Å². The Morgan fingerprint density at radius 1 is 1.15 bits per heavy atom. The molecule has 7 nitrogen and oxygen atoms in total. The number of ether oxygens (including phenoxy) is 1. The zero-order valence-corrected chi connectivity index (χ0v) is 14.8. The molecule has 3 rings (SSSR count). The number of hydrazone groups is 1. The predicted molar refractivity (Wildman–Crippen MR) is 103 cm³/mol. The number of aryl methyl sites for hydroxylation is 1. The van der Waals surface area contributed by atoms with E-state index in [4.69, 9.17) is 4.74 Å². The highest BCUT2D eigenvalue weighted by Gasteiger charge is 2.13. The summed E-state index contributed by atoms with van der Waals surface area (Å²) in [6.45, 7) is 1.66. The molecular weight excluding hydrogens is 346 g/mol. The van der Waals surface area contributed by atoms with Gasteiger partial charge in [-0.1, -0.05) is 36.4 Å². The van der Waals surface area contributed by atoms with Gasteiger partial charge in [0.1, 0.15) is 5.75 Å². The molecule has 0 saturated carbocycles. The number of fused-ring (bicyclic) bond motifs is 1. The average Bonchev–Trinajstić information content (AvgIpc) is 2.67. The van der Waals surface area contributed by atoms with Crippen LogP contribution in [-0.2, 0) is 0 Å². The van der Waals surface area contributed by atoms with E-state index in [1.54, 1.807) is 31.2 Å². The van der Waals surface area contributed by atoms with Crippen molar-refractivity contribution >= 4 is 28.6 Å². The molecule has 1 N–H and O–H groups in total. The number of rotatable bonds is 5. The maximum atomic E-state index is 12.5. The van der Waals surface area contributed by atoms with Gasteiger partial charge in [-0.25, -0.2) is 5.43 Å². The van der Waals surface area contributed by atoms with E-state index < -0.39 is 10.8 Å². The van der Waals surface area contributed by atoms with Crippen molar-refractivity contribution in [1.82, 2.24) is 5.43 Å². The van der Waals surface area contributed by atoms with Gasteiger partial charge in [-0.3, -0.25) is 14.9 Å². The molecule has 136 valence electrons. The molecule has 0 aromatic heterocycles. The summed E-state index contributed by atoms with van der Waals surface area (Å²) in [6, 6.07) is 15.9. The SMILES string of the molecule is COc1cc2ccccc2cc1C(=O)N/N=C\c1ccc(C)c([N+](=O)[O-])c1. The maximum absolute atomic E-state index is 12.5. The highest BCUT2D eigenvalue weighted by atomic mass is 16.6. The molecule has 3 aromatic carbocycles. The third kappa shape index (κ3) is 3.92. The average molecular weight is 363 g/mol. The van der Waals surface area contributed by atoms with Gasteiger partial charge >= 0.3 is 0 Å². The third-order valence-electron chi connectivity index (χ3n) is 4.12. The summed E-state index contributed by atoms with van der Waals surface area (Å²) < 4.78 is 5.31. The number of nitro benzene ring substituents is 1. The van der Waals surface area contributed by atoms with Crippen LogP contribution < -0.4 is 10.2 Å². The van der Waals surface area contributed by atoms with Gasteiger partial charge in [0, 0.05) is 17.2 Å². The number of carbonyl (C=O) groups excluding carboxylic acids is 1. The number of hydrogen-bond donors (Lipinski definition) is 1. The van der Waals surface area contributed by atoms with Gasteiger partial charge in [-0.05, 0) is 29.8 Å². The molecule has 0 atom stereocenters. The number of nitrogens with zero attached hydrogens (tertiary/aromatic N) is 2. The molecule has 7 heteroatoms. The Morgan fingerprint density at radius 2 is 1.85 bits per heavy atom. The molecule has 0 aliphatic rings. The summed E-state index contributed by atoms with van der Waals surface area (Å²) >= 11 is 0. The molecule has 0 radical (unpaired) electrons. The molecular formula is C20H17N3O4. The van der Waals surface area contributed by atoms with Crippen LogP contribution in [0.5, 0.6) is 5.75 Å². The molecule has 0 heterocycles. The largest absolute Gasteiger partial charge is 0.496 e. The van der Waals surface area contributed by atoms with E-state index in [1.165, 1.54) is 19.4 Å². The monoisotopic (exact) mass is 363 g/mol. The molecule has 27 heavy (non-hydrogen) atoms. The third-order valence-corrected chi connectivity index (χ3v) is 4.12. The van der Waals surface area contributed by atoms with Crippen LogP contribution in [0.2, 0.25) is 0 Å². The fraction of sp³-hybridized carbons (Fsp3) is 0.100. The van der Waals surface area contributed by atoms with Crippen molar-refractivity contribution in [2.24, 2.45) is 5.10 Å². The van der Waals surface area contributed by atoms with E-state index in [0.717, 1.165) is 10.8 Å². The second-order valence-corrected chi connectivity index (χ2v) is 5.90. The van der Waals surface area contributed by atoms with Gasteiger partial charge in [0.2, 0.25) is 0 Å². The lowest BCUT2D eigenvalue weighted by atomic mass is 10.1. The molecule has 0 unspecified atom stereocenters.